The minimum absolute atomic E-state index is 0. The van der Waals surface area contributed by atoms with Gasteiger partial charge in [0.25, 0.3) is 0 Å². The quantitative estimate of drug-likeness (QED) is 0.423. The second-order valence-electron chi connectivity index (χ2n) is 0.513. The molecule has 3 N–H and O–H groups in total. The topological polar surface area (TPSA) is 77.8 Å². The molecule has 0 saturated carbocycles. The Morgan fingerprint density at radius 2 is 1.17 bits per heavy atom. The summed E-state index contributed by atoms with van der Waals surface area (Å²) in [5.74, 6) is 0. The predicted octanol–water partition coefficient (Wildman–Crippen LogP) is -2.17. The van der Waals surface area contributed by atoms with E-state index in [2.05, 4.69) is 0 Å². The van der Waals surface area contributed by atoms with Crippen LogP contribution < -0.4 is 0 Å². The molecule has 0 aliphatic heterocycles. The Morgan fingerprint density at radius 3 is 1.17 bits per heavy atom. The van der Waals surface area contributed by atoms with E-state index < -0.39 is 20.1 Å². The standard InChI is InChI=1S/Mn.3H2O.O.Sb/h;3*1H2;;/q;;;;;+3/p-3. The molecule has 0 saturated heterocycles. The van der Waals surface area contributed by atoms with Crippen molar-refractivity contribution >= 4 is 20.1 Å². The van der Waals surface area contributed by atoms with Crippen LogP contribution in [-0.2, 0) is 20.1 Å². The summed E-state index contributed by atoms with van der Waals surface area (Å²) < 4.78 is 30.8. The molecular formula is H3MnO4Sb. The molecule has 0 amide bonds. The van der Waals surface area contributed by atoms with Crippen LogP contribution in [0.15, 0.2) is 0 Å². The molecule has 0 bridgehead atoms. The second-order valence-corrected chi connectivity index (χ2v) is 3.44. The molecule has 0 aromatic carbocycles. The van der Waals surface area contributed by atoms with Crippen LogP contribution in [0, 0.1) is 0 Å². The normalized spacial score (nSPS) is 9.83. The van der Waals surface area contributed by atoms with Crippen molar-refractivity contribution in [2.24, 2.45) is 0 Å². The van der Waals surface area contributed by atoms with Gasteiger partial charge in [0.2, 0.25) is 0 Å². The zero-order valence-corrected chi connectivity index (χ0v) is 6.31. The molecule has 0 unspecified atom stereocenters. The molecule has 0 heterocycles. The summed E-state index contributed by atoms with van der Waals surface area (Å²) in [6.07, 6.45) is 0. The van der Waals surface area contributed by atoms with Crippen molar-refractivity contribution in [3.05, 3.63) is 0 Å². The Morgan fingerprint density at radius 1 is 1.17 bits per heavy atom. The molecule has 0 spiro atoms. The molecule has 4 nitrogen and oxygen atoms in total. The van der Waals surface area contributed by atoms with Gasteiger partial charge in [-0.05, 0) is 0 Å². The van der Waals surface area contributed by atoms with Crippen LogP contribution in [0.3, 0.4) is 0 Å². The van der Waals surface area contributed by atoms with Gasteiger partial charge in [-0.1, -0.05) is 0 Å². The molecule has 0 rings (SSSR count). The van der Waals surface area contributed by atoms with Crippen molar-refractivity contribution in [3.8, 4) is 0 Å². The number of hydrogen-bond acceptors (Lipinski definition) is 1. The molecule has 6 heavy (non-hydrogen) atoms. The Hall–Kier alpha value is 1.02. The summed E-state index contributed by atoms with van der Waals surface area (Å²) >= 11 is -5.35. The van der Waals surface area contributed by atoms with Gasteiger partial charge >= 0.3 is 33.2 Å². The van der Waals surface area contributed by atoms with Gasteiger partial charge in [-0.2, -0.15) is 0 Å². The maximum absolute atomic E-state index is 8.97. The van der Waals surface area contributed by atoms with Gasteiger partial charge < -0.3 is 0 Å². The van der Waals surface area contributed by atoms with Crippen molar-refractivity contribution < 1.29 is 30.2 Å². The fourth-order valence-electron chi connectivity index (χ4n) is 0. The average molecular weight is 244 g/mol. The van der Waals surface area contributed by atoms with E-state index in [0.717, 1.165) is 0 Å². The van der Waals surface area contributed by atoms with Crippen molar-refractivity contribution in [2.75, 3.05) is 0 Å². The zero-order valence-electron chi connectivity index (χ0n) is 2.58. The Labute approximate surface area is 50.4 Å². The van der Waals surface area contributed by atoms with Gasteiger partial charge in [0.1, 0.15) is 0 Å². The monoisotopic (exact) mass is 243 g/mol. The molecule has 0 aromatic heterocycles. The molecule has 39 valence electrons. The van der Waals surface area contributed by atoms with E-state index in [1.807, 2.05) is 0 Å². The SMILES string of the molecule is [Mn].[O]=[Sb]([OH])([OH])[OH]. The summed E-state index contributed by atoms with van der Waals surface area (Å²) in [5, 5.41) is 0. The first-order chi connectivity index (χ1) is 2.00. The first-order valence-electron chi connectivity index (χ1n) is 0.783. The van der Waals surface area contributed by atoms with Crippen molar-refractivity contribution in [1.29, 1.82) is 0 Å². The summed E-state index contributed by atoms with van der Waals surface area (Å²) in [7, 11) is 0. The first kappa shape index (κ1) is 10.1. The maximum atomic E-state index is 8.97. The third-order valence-electron chi connectivity index (χ3n) is 0. The molecule has 1 radical (unpaired) electrons. The van der Waals surface area contributed by atoms with Crippen LogP contribution in [0.5, 0.6) is 0 Å². The molecular weight excluding hydrogens is 241 g/mol. The van der Waals surface area contributed by atoms with E-state index >= 15 is 0 Å². The van der Waals surface area contributed by atoms with Crippen molar-refractivity contribution in [1.82, 2.24) is 0 Å². The zero-order chi connectivity index (χ0) is 4.50. The molecule has 0 atom stereocenters. The van der Waals surface area contributed by atoms with Gasteiger partial charge in [-0.15, -0.1) is 0 Å². The predicted molar refractivity (Wildman–Crippen MR) is 13.1 cm³/mol. The van der Waals surface area contributed by atoms with E-state index in [4.69, 9.17) is 13.2 Å². The fourth-order valence-corrected chi connectivity index (χ4v) is 0. The molecule has 0 aliphatic rings. The summed E-state index contributed by atoms with van der Waals surface area (Å²) in [4.78, 5) is 0. The summed E-state index contributed by atoms with van der Waals surface area (Å²) in [5.41, 5.74) is 0. The Balaban J connectivity index is 0. The van der Waals surface area contributed by atoms with Crippen LogP contribution in [0.2, 0.25) is 0 Å². The van der Waals surface area contributed by atoms with Gasteiger partial charge in [0.15, 0.2) is 0 Å². The van der Waals surface area contributed by atoms with Crippen LogP contribution in [0.4, 0.5) is 0 Å². The van der Waals surface area contributed by atoms with E-state index in [0.29, 0.717) is 0 Å². The Bertz CT molecular complexity index is 53.7. The van der Waals surface area contributed by atoms with Gasteiger partial charge in [0, 0.05) is 17.1 Å². The molecule has 6 heteroatoms. The van der Waals surface area contributed by atoms with Gasteiger partial charge in [0.05, 0.1) is 0 Å². The van der Waals surface area contributed by atoms with E-state index in [1.165, 1.54) is 0 Å². The molecule has 0 aliphatic carbocycles. The Kier molecular flexibility index (Phi) is 5.18. The van der Waals surface area contributed by atoms with Crippen LogP contribution in [0.1, 0.15) is 0 Å². The van der Waals surface area contributed by atoms with Crippen molar-refractivity contribution in [3.63, 3.8) is 0 Å². The van der Waals surface area contributed by atoms with Crippen LogP contribution >= 0.6 is 0 Å². The van der Waals surface area contributed by atoms with Crippen molar-refractivity contribution in [2.45, 2.75) is 0 Å². The third-order valence-corrected chi connectivity index (χ3v) is 0. The summed E-state index contributed by atoms with van der Waals surface area (Å²) in [6, 6.07) is 0. The minimum atomic E-state index is -5.35. The van der Waals surface area contributed by atoms with Gasteiger partial charge in [-0.3, -0.25) is 0 Å². The second kappa shape index (κ2) is 3.08. The fraction of sp³-hybridized carbons (Fsp3) is 0. The van der Waals surface area contributed by atoms with E-state index in [9.17, 15) is 0 Å². The van der Waals surface area contributed by atoms with E-state index in [1.54, 1.807) is 0 Å². The summed E-state index contributed by atoms with van der Waals surface area (Å²) in [6.45, 7) is 0. The first-order valence-corrected chi connectivity index (χ1v) is 5.25. The van der Waals surface area contributed by atoms with Crippen LogP contribution in [-0.4, -0.2) is 30.2 Å². The molecule has 0 fully saturated rings. The van der Waals surface area contributed by atoms with E-state index in [-0.39, 0.29) is 17.1 Å². The van der Waals surface area contributed by atoms with Gasteiger partial charge in [-0.25, -0.2) is 0 Å². The number of hydrogen-bond donors (Lipinski definition) is 3. The molecule has 0 aromatic rings. The number of rotatable bonds is 0. The van der Waals surface area contributed by atoms with Crippen LogP contribution in [0.25, 0.3) is 0 Å². The third kappa shape index (κ3) is 78.2. The average Bonchev–Trinajstić information content (AvgIpc) is 0.722.